The van der Waals surface area contributed by atoms with Crippen LogP contribution in [-0.4, -0.2) is 8.07 Å². The molecule has 188 valence electrons. The van der Waals surface area contributed by atoms with Gasteiger partial charge < -0.3 is 4.42 Å². The third-order valence-electron chi connectivity index (χ3n) is 7.99. The van der Waals surface area contributed by atoms with Crippen LogP contribution in [0, 0.1) is 19.7 Å². The Morgan fingerprint density at radius 3 is 2.08 bits per heavy atom. The third-order valence-corrected chi connectivity index (χ3v) is 11.5. The molecule has 0 aliphatic rings. The fraction of sp³-hybridized carbons (Fsp3) is 0.147. The van der Waals surface area contributed by atoms with Gasteiger partial charge in [-0.1, -0.05) is 84.1 Å². The molecular formula is C34H31FNOSi+. The summed E-state index contributed by atoms with van der Waals surface area (Å²) in [4.78, 5) is 0. The largest absolute Gasteiger partial charge is 0.454 e. The van der Waals surface area contributed by atoms with E-state index in [1.165, 1.54) is 10.4 Å². The van der Waals surface area contributed by atoms with Gasteiger partial charge in [-0.25, -0.2) is 8.96 Å². The van der Waals surface area contributed by atoms with Crippen molar-refractivity contribution in [2.45, 2.75) is 26.9 Å². The highest BCUT2D eigenvalue weighted by Crippen LogP contribution is 2.42. The molecular weight excluding hydrogens is 485 g/mol. The number of benzene rings is 4. The van der Waals surface area contributed by atoms with Crippen molar-refractivity contribution in [2.24, 2.45) is 7.05 Å². The van der Waals surface area contributed by atoms with Crippen LogP contribution >= 0.6 is 0 Å². The van der Waals surface area contributed by atoms with Gasteiger partial charge in [0.25, 0.3) is 0 Å². The van der Waals surface area contributed by atoms with Gasteiger partial charge >= 0.3 is 0 Å². The molecule has 4 aromatic carbocycles. The minimum Gasteiger partial charge on any atom is -0.454 e. The van der Waals surface area contributed by atoms with Crippen molar-refractivity contribution >= 4 is 40.4 Å². The minimum atomic E-state index is -1.88. The number of hydrogen-bond acceptors (Lipinski definition) is 1. The van der Waals surface area contributed by atoms with Crippen molar-refractivity contribution in [2.75, 3.05) is 0 Å². The predicted octanol–water partition coefficient (Wildman–Crippen LogP) is 7.32. The predicted molar refractivity (Wildman–Crippen MR) is 158 cm³/mol. The smallest absolute Gasteiger partial charge is 0.216 e. The van der Waals surface area contributed by atoms with Crippen LogP contribution in [0.3, 0.4) is 0 Å². The molecule has 38 heavy (non-hydrogen) atoms. The van der Waals surface area contributed by atoms with E-state index in [1.54, 1.807) is 6.07 Å². The number of pyridine rings is 1. The molecule has 6 aromatic rings. The zero-order chi connectivity index (χ0) is 26.6. The Morgan fingerprint density at radius 1 is 0.684 bits per heavy atom. The molecule has 2 heterocycles. The third kappa shape index (κ3) is 3.79. The molecule has 0 saturated carbocycles. The summed E-state index contributed by atoms with van der Waals surface area (Å²) in [5.74, 6) is -0.268. The maximum absolute atomic E-state index is 15.6. The Balaban J connectivity index is 1.57. The molecule has 6 rings (SSSR count). The van der Waals surface area contributed by atoms with Crippen molar-refractivity contribution in [3.8, 4) is 22.4 Å². The first-order valence-electron chi connectivity index (χ1n) is 13.0. The molecule has 0 N–H and O–H groups in total. The van der Waals surface area contributed by atoms with E-state index in [-0.39, 0.29) is 5.82 Å². The first kappa shape index (κ1) is 24.3. The molecule has 0 bridgehead atoms. The van der Waals surface area contributed by atoms with Crippen LogP contribution in [0.5, 0.6) is 0 Å². The molecule has 4 heteroatoms. The van der Waals surface area contributed by atoms with Crippen LogP contribution in [0.25, 0.3) is 44.3 Å². The molecule has 0 unspecified atom stereocenters. The zero-order valence-electron chi connectivity index (χ0n) is 22.5. The second-order valence-corrected chi connectivity index (χ2v) is 15.2. The SMILES string of the molecule is Cc1cc([Si](C)(C)c2ccccc2)ccc1-c1c(F)ccc2c1oc1c(-c3cccc[n+]3C)c(C)ccc12. The zero-order valence-corrected chi connectivity index (χ0v) is 23.5. The van der Waals surface area contributed by atoms with E-state index in [0.717, 1.165) is 44.3 Å². The highest BCUT2D eigenvalue weighted by atomic mass is 28.3. The Kier molecular flexibility index (Phi) is 5.80. The summed E-state index contributed by atoms with van der Waals surface area (Å²) in [6.45, 7) is 8.90. The topological polar surface area (TPSA) is 17.0 Å². The lowest BCUT2D eigenvalue weighted by molar-refractivity contribution is -0.660. The highest BCUT2D eigenvalue weighted by Gasteiger charge is 2.27. The average Bonchev–Trinajstić information content (AvgIpc) is 3.28. The summed E-state index contributed by atoms with van der Waals surface area (Å²) < 4.78 is 24.3. The molecule has 0 amide bonds. The van der Waals surface area contributed by atoms with Crippen molar-refractivity contribution in [3.05, 3.63) is 114 Å². The second kappa shape index (κ2) is 9.07. The van der Waals surface area contributed by atoms with Gasteiger partial charge in [-0.05, 0) is 48.7 Å². The molecule has 0 spiro atoms. The Labute approximate surface area is 224 Å². The van der Waals surface area contributed by atoms with E-state index in [1.807, 2.05) is 31.4 Å². The summed E-state index contributed by atoms with van der Waals surface area (Å²) in [7, 11) is 0.154. The van der Waals surface area contributed by atoms with Crippen LogP contribution in [0.1, 0.15) is 11.1 Å². The van der Waals surface area contributed by atoms with E-state index in [0.29, 0.717) is 11.1 Å². The molecule has 0 aliphatic carbocycles. The summed E-state index contributed by atoms with van der Waals surface area (Å²) in [6, 6.07) is 31.0. The minimum absolute atomic E-state index is 0.268. The van der Waals surface area contributed by atoms with Gasteiger partial charge in [-0.2, -0.15) is 0 Å². The molecule has 0 atom stereocenters. The molecule has 2 nitrogen and oxygen atoms in total. The number of aromatic nitrogens is 1. The number of hydrogen-bond donors (Lipinski definition) is 0. The quantitative estimate of drug-likeness (QED) is 0.177. The molecule has 0 saturated heterocycles. The average molecular weight is 517 g/mol. The van der Waals surface area contributed by atoms with Crippen molar-refractivity contribution in [1.82, 2.24) is 0 Å². The maximum Gasteiger partial charge on any atom is 0.216 e. The number of nitrogens with zero attached hydrogens (tertiary/aromatic N) is 1. The van der Waals surface area contributed by atoms with Gasteiger partial charge in [0.15, 0.2) is 6.20 Å². The van der Waals surface area contributed by atoms with Gasteiger partial charge in [0.05, 0.1) is 11.1 Å². The second-order valence-electron chi connectivity index (χ2n) is 10.8. The lowest BCUT2D eigenvalue weighted by Gasteiger charge is -2.25. The Hall–Kier alpha value is -4.02. The van der Waals surface area contributed by atoms with Gasteiger partial charge in [-0.15, -0.1) is 0 Å². The summed E-state index contributed by atoms with van der Waals surface area (Å²) >= 11 is 0. The first-order valence-corrected chi connectivity index (χ1v) is 16.0. The van der Waals surface area contributed by atoms with E-state index in [4.69, 9.17) is 4.42 Å². The van der Waals surface area contributed by atoms with E-state index >= 15 is 4.39 Å². The van der Waals surface area contributed by atoms with E-state index in [2.05, 4.69) is 98.2 Å². The molecule has 0 fully saturated rings. The van der Waals surface area contributed by atoms with Gasteiger partial charge in [-0.3, -0.25) is 0 Å². The van der Waals surface area contributed by atoms with Crippen LogP contribution in [0.2, 0.25) is 13.1 Å². The van der Waals surface area contributed by atoms with E-state index < -0.39 is 8.07 Å². The summed E-state index contributed by atoms with van der Waals surface area (Å²) in [5.41, 5.74) is 7.06. The summed E-state index contributed by atoms with van der Waals surface area (Å²) in [6.07, 6.45) is 2.03. The van der Waals surface area contributed by atoms with Crippen LogP contribution in [-0.2, 0) is 7.05 Å². The fourth-order valence-electron chi connectivity index (χ4n) is 5.68. The number of aryl methyl sites for hydroxylation is 3. The van der Waals surface area contributed by atoms with Crippen molar-refractivity contribution in [1.29, 1.82) is 0 Å². The van der Waals surface area contributed by atoms with Crippen molar-refractivity contribution < 1.29 is 13.4 Å². The lowest BCUT2D eigenvalue weighted by Crippen LogP contribution is -2.52. The van der Waals surface area contributed by atoms with Gasteiger partial charge in [0.2, 0.25) is 5.69 Å². The lowest BCUT2D eigenvalue weighted by atomic mass is 9.97. The number of halogens is 1. The van der Waals surface area contributed by atoms with Crippen LogP contribution < -0.4 is 14.9 Å². The monoisotopic (exact) mass is 516 g/mol. The first-order chi connectivity index (χ1) is 18.3. The van der Waals surface area contributed by atoms with Crippen LogP contribution in [0.4, 0.5) is 4.39 Å². The molecule has 0 radical (unpaired) electrons. The number of rotatable bonds is 4. The van der Waals surface area contributed by atoms with Crippen molar-refractivity contribution in [3.63, 3.8) is 0 Å². The Bertz CT molecular complexity index is 1840. The summed E-state index contributed by atoms with van der Waals surface area (Å²) in [5, 5.41) is 4.64. The van der Waals surface area contributed by atoms with E-state index in [9.17, 15) is 0 Å². The van der Waals surface area contributed by atoms with Gasteiger partial charge in [0, 0.05) is 22.9 Å². The Morgan fingerprint density at radius 2 is 1.37 bits per heavy atom. The van der Waals surface area contributed by atoms with Crippen LogP contribution in [0.15, 0.2) is 102 Å². The fourth-order valence-corrected chi connectivity index (χ4v) is 8.12. The number of fused-ring (bicyclic) bond motifs is 3. The highest BCUT2D eigenvalue weighted by molar-refractivity contribution is 7.00. The number of furan rings is 1. The normalized spacial score (nSPS) is 11.9. The standard InChI is InChI=1S/C34H31FNOSi/c1-22-14-16-27-28-18-19-29(35)32(34(28)37-33(27)31(22)30-13-9-10-20-36(30)3)26-17-15-25(21-23(26)2)38(4,5)24-11-7-6-8-12-24/h6-21H,1-5H3/q+1. The molecule has 0 aliphatic heterocycles. The maximum atomic E-state index is 15.6. The molecule has 2 aromatic heterocycles. The van der Waals surface area contributed by atoms with Gasteiger partial charge in [0.1, 0.15) is 32.1 Å².